The van der Waals surface area contributed by atoms with Gasteiger partial charge in [0.05, 0.1) is 12.8 Å². The number of aromatic nitrogens is 1. The summed E-state index contributed by atoms with van der Waals surface area (Å²) in [5, 5.41) is 4.11. The maximum atomic E-state index is 12.7. The van der Waals surface area contributed by atoms with E-state index in [-0.39, 0.29) is 12.4 Å². The highest BCUT2D eigenvalue weighted by Gasteiger charge is 2.13. The van der Waals surface area contributed by atoms with Crippen LogP contribution in [0.1, 0.15) is 51.3 Å². The Kier molecular flexibility index (Phi) is 9.86. The van der Waals surface area contributed by atoms with E-state index in [1.54, 1.807) is 12.1 Å². The van der Waals surface area contributed by atoms with Gasteiger partial charge in [-0.2, -0.15) is 5.10 Å². The van der Waals surface area contributed by atoms with Crippen LogP contribution < -0.4 is 19.6 Å². The molecule has 0 fully saturated rings. The number of carbonyl (C=O) groups is 1. The summed E-state index contributed by atoms with van der Waals surface area (Å²) in [4.78, 5) is 12.7. The van der Waals surface area contributed by atoms with E-state index >= 15 is 0 Å². The van der Waals surface area contributed by atoms with E-state index in [0.717, 1.165) is 15.7 Å². The quantitative estimate of drug-likeness (QED) is 0.108. The second-order valence-corrected chi connectivity index (χ2v) is 11.1. The molecule has 1 N–H and O–H groups in total. The van der Waals surface area contributed by atoms with Crippen LogP contribution in [-0.4, -0.2) is 23.3 Å². The number of hydrogen-bond acceptors (Lipinski definition) is 6. The Labute approximate surface area is 265 Å². The largest absolute Gasteiger partial charge is 0.490 e. The first-order chi connectivity index (χ1) is 21.3. The standard InChI is InChI=1S/C35H34BrN3O5/c1-5-41-33-18-27(31(36)19-34(33)43-21-26-8-6-7-23(2)17-26)20-37-38-35(40)32-16-15-30(44-32)22-42-29-13-11-28(12-14-29)39-24(3)9-10-25(39)4/h6-20H,5,21-22H2,1-4H3,(H,38,40)/b37-20+. The fraction of sp³-hybridized carbons (Fsp3) is 0.200. The number of furan rings is 1. The lowest BCUT2D eigenvalue weighted by molar-refractivity contribution is 0.0923. The minimum Gasteiger partial charge on any atom is -0.490 e. The smallest absolute Gasteiger partial charge is 0.307 e. The molecule has 1 amide bonds. The van der Waals surface area contributed by atoms with E-state index in [9.17, 15) is 4.79 Å². The molecule has 2 heterocycles. The van der Waals surface area contributed by atoms with E-state index < -0.39 is 5.91 Å². The van der Waals surface area contributed by atoms with Crippen LogP contribution >= 0.6 is 15.9 Å². The number of carbonyl (C=O) groups excluding carboxylic acids is 1. The van der Waals surface area contributed by atoms with Crippen LogP contribution in [0.25, 0.3) is 5.69 Å². The van der Waals surface area contributed by atoms with Crippen molar-refractivity contribution in [3.05, 3.63) is 129 Å². The molecular formula is C35H34BrN3O5. The zero-order chi connectivity index (χ0) is 31.1. The third-order valence-electron chi connectivity index (χ3n) is 6.84. The van der Waals surface area contributed by atoms with Crippen LogP contribution in [0.3, 0.4) is 0 Å². The zero-order valence-electron chi connectivity index (χ0n) is 25.1. The second-order valence-electron chi connectivity index (χ2n) is 10.2. The van der Waals surface area contributed by atoms with Crippen LogP contribution in [0, 0.1) is 20.8 Å². The van der Waals surface area contributed by atoms with Crippen molar-refractivity contribution in [3.63, 3.8) is 0 Å². The number of ether oxygens (including phenoxy) is 3. The predicted octanol–water partition coefficient (Wildman–Crippen LogP) is 8.08. The molecule has 5 rings (SSSR count). The molecule has 8 nitrogen and oxygen atoms in total. The molecule has 0 unspecified atom stereocenters. The fourth-order valence-electron chi connectivity index (χ4n) is 4.71. The summed E-state index contributed by atoms with van der Waals surface area (Å²) < 4.78 is 26.3. The van der Waals surface area contributed by atoms with E-state index in [2.05, 4.69) is 63.1 Å². The Morgan fingerprint density at radius 2 is 1.64 bits per heavy atom. The van der Waals surface area contributed by atoms with Crippen LogP contribution in [0.15, 0.2) is 98.9 Å². The molecule has 0 saturated heterocycles. The van der Waals surface area contributed by atoms with Crippen molar-refractivity contribution in [1.82, 2.24) is 9.99 Å². The maximum Gasteiger partial charge on any atom is 0.307 e. The molecule has 44 heavy (non-hydrogen) atoms. The minimum absolute atomic E-state index is 0.128. The highest BCUT2D eigenvalue weighted by Crippen LogP contribution is 2.34. The monoisotopic (exact) mass is 655 g/mol. The molecule has 0 radical (unpaired) electrons. The zero-order valence-corrected chi connectivity index (χ0v) is 26.7. The van der Waals surface area contributed by atoms with Gasteiger partial charge in [0.1, 0.15) is 24.7 Å². The van der Waals surface area contributed by atoms with Crippen LogP contribution in [-0.2, 0) is 13.2 Å². The topological polar surface area (TPSA) is 87.2 Å². The Bertz CT molecular complexity index is 1750. The number of hydrazone groups is 1. The lowest BCUT2D eigenvalue weighted by Gasteiger charge is -2.14. The van der Waals surface area contributed by atoms with Gasteiger partial charge in [-0.15, -0.1) is 0 Å². The molecule has 3 aromatic carbocycles. The second kappa shape index (κ2) is 14.1. The number of nitrogens with zero attached hydrogens (tertiary/aromatic N) is 2. The average molecular weight is 657 g/mol. The van der Waals surface area contributed by atoms with Crippen molar-refractivity contribution in [2.24, 2.45) is 5.10 Å². The maximum absolute atomic E-state index is 12.7. The summed E-state index contributed by atoms with van der Waals surface area (Å²) in [6.45, 7) is 9.17. The highest BCUT2D eigenvalue weighted by molar-refractivity contribution is 9.10. The first-order valence-electron chi connectivity index (χ1n) is 14.3. The predicted molar refractivity (Wildman–Crippen MR) is 174 cm³/mol. The van der Waals surface area contributed by atoms with Gasteiger partial charge in [-0.3, -0.25) is 4.79 Å². The number of amides is 1. The molecule has 0 bridgehead atoms. The molecule has 0 aliphatic heterocycles. The number of halogens is 1. The van der Waals surface area contributed by atoms with Gasteiger partial charge < -0.3 is 23.2 Å². The Morgan fingerprint density at radius 3 is 2.36 bits per heavy atom. The number of nitrogens with one attached hydrogen (secondary N) is 1. The van der Waals surface area contributed by atoms with E-state index in [4.69, 9.17) is 18.6 Å². The van der Waals surface area contributed by atoms with Crippen molar-refractivity contribution < 1.29 is 23.4 Å². The fourth-order valence-corrected chi connectivity index (χ4v) is 5.13. The molecule has 2 aromatic heterocycles. The number of hydrogen-bond donors (Lipinski definition) is 1. The first-order valence-corrected chi connectivity index (χ1v) is 15.0. The van der Waals surface area contributed by atoms with Crippen molar-refractivity contribution in [2.75, 3.05) is 6.61 Å². The normalized spacial score (nSPS) is 11.1. The molecule has 0 saturated carbocycles. The molecule has 9 heteroatoms. The molecule has 0 spiro atoms. The van der Waals surface area contributed by atoms with Gasteiger partial charge in [-0.05, 0) is 110 Å². The van der Waals surface area contributed by atoms with Crippen molar-refractivity contribution in [1.29, 1.82) is 0 Å². The van der Waals surface area contributed by atoms with Gasteiger partial charge in [0, 0.05) is 27.1 Å². The molecule has 0 atom stereocenters. The molecule has 0 aliphatic carbocycles. The van der Waals surface area contributed by atoms with Crippen LogP contribution in [0.5, 0.6) is 17.2 Å². The van der Waals surface area contributed by atoms with Crippen LogP contribution in [0.2, 0.25) is 0 Å². The van der Waals surface area contributed by atoms with Gasteiger partial charge in [0.25, 0.3) is 0 Å². The van der Waals surface area contributed by atoms with Gasteiger partial charge in [-0.25, -0.2) is 5.43 Å². The SMILES string of the molecule is CCOc1cc(/C=N/NC(=O)c2ccc(COc3ccc(-n4c(C)ccc4C)cc3)o2)c(Br)cc1OCc1cccc(C)c1. The third kappa shape index (κ3) is 7.60. The van der Waals surface area contributed by atoms with Gasteiger partial charge >= 0.3 is 5.91 Å². The summed E-state index contributed by atoms with van der Waals surface area (Å²) >= 11 is 3.57. The summed E-state index contributed by atoms with van der Waals surface area (Å²) in [6.07, 6.45) is 1.53. The molecular weight excluding hydrogens is 622 g/mol. The number of benzene rings is 3. The van der Waals surface area contributed by atoms with E-state index in [1.165, 1.54) is 23.2 Å². The molecule has 226 valence electrons. The summed E-state index contributed by atoms with van der Waals surface area (Å²) in [7, 11) is 0. The third-order valence-corrected chi connectivity index (χ3v) is 7.53. The summed E-state index contributed by atoms with van der Waals surface area (Å²) in [6, 6.07) is 27.1. The van der Waals surface area contributed by atoms with Gasteiger partial charge in [0.15, 0.2) is 17.3 Å². The van der Waals surface area contributed by atoms with Crippen molar-refractivity contribution >= 4 is 28.1 Å². The Hall–Kier alpha value is -4.76. The highest BCUT2D eigenvalue weighted by atomic mass is 79.9. The average Bonchev–Trinajstić information content (AvgIpc) is 3.63. The molecule has 5 aromatic rings. The minimum atomic E-state index is -0.478. The lowest BCUT2D eigenvalue weighted by Crippen LogP contribution is -2.16. The van der Waals surface area contributed by atoms with Gasteiger partial charge in [-0.1, -0.05) is 29.8 Å². The van der Waals surface area contributed by atoms with Gasteiger partial charge in [0.2, 0.25) is 0 Å². The summed E-state index contributed by atoms with van der Waals surface area (Å²) in [5.41, 5.74) is 8.86. The van der Waals surface area contributed by atoms with Crippen LogP contribution in [0.4, 0.5) is 0 Å². The Balaban J connectivity index is 1.16. The van der Waals surface area contributed by atoms with E-state index in [0.29, 0.717) is 41.8 Å². The van der Waals surface area contributed by atoms with Crippen molar-refractivity contribution in [2.45, 2.75) is 40.9 Å². The first kappa shape index (κ1) is 30.7. The molecule has 0 aliphatic rings. The van der Waals surface area contributed by atoms with E-state index in [1.807, 2.05) is 68.4 Å². The Morgan fingerprint density at radius 1 is 0.886 bits per heavy atom. The summed E-state index contributed by atoms with van der Waals surface area (Å²) in [5.74, 6) is 2.06. The number of rotatable bonds is 12. The lowest BCUT2D eigenvalue weighted by atomic mass is 10.1. The van der Waals surface area contributed by atoms with Crippen molar-refractivity contribution in [3.8, 4) is 22.9 Å². The number of aryl methyl sites for hydroxylation is 3.